The van der Waals surface area contributed by atoms with Gasteiger partial charge in [0.25, 0.3) is 0 Å². The maximum absolute atomic E-state index is 11.6. The fraction of sp³-hybridized carbons (Fsp3) is 0.471. The molecule has 0 saturated carbocycles. The van der Waals surface area contributed by atoms with Crippen molar-refractivity contribution in [2.24, 2.45) is 0 Å². The van der Waals surface area contributed by atoms with E-state index in [-0.39, 0.29) is 11.7 Å². The van der Waals surface area contributed by atoms with Crippen LogP contribution >= 0.6 is 0 Å². The number of nitrogens with zero attached hydrogens (tertiary/aromatic N) is 2. The second kappa shape index (κ2) is 5.80. The van der Waals surface area contributed by atoms with Crippen LogP contribution in [0.1, 0.15) is 61.4 Å². The van der Waals surface area contributed by atoms with E-state index in [1.807, 2.05) is 6.92 Å². The summed E-state index contributed by atoms with van der Waals surface area (Å²) < 4.78 is 5.34. The summed E-state index contributed by atoms with van der Waals surface area (Å²) in [5, 5.41) is 4.13. The number of ketones is 1. The van der Waals surface area contributed by atoms with Gasteiger partial charge < -0.3 is 4.52 Å². The highest BCUT2D eigenvalue weighted by molar-refractivity contribution is 5.82. The van der Waals surface area contributed by atoms with Crippen LogP contribution in [-0.4, -0.2) is 15.9 Å². The maximum atomic E-state index is 11.6. The van der Waals surface area contributed by atoms with Crippen LogP contribution in [-0.2, 0) is 17.6 Å². The molecule has 1 aliphatic rings. The van der Waals surface area contributed by atoms with Crippen LogP contribution in [0.15, 0.2) is 28.8 Å². The van der Waals surface area contributed by atoms with Crippen LogP contribution < -0.4 is 0 Å². The zero-order valence-corrected chi connectivity index (χ0v) is 12.5. The topological polar surface area (TPSA) is 56.0 Å². The smallest absolute Gasteiger partial charge is 0.237 e. The summed E-state index contributed by atoms with van der Waals surface area (Å²) in [5.74, 6) is 1.34. The summed E-state index contributed by atoms with van der Waals surface area (Å²) in [7, 11) is 0. The molecule has 2 atom stereocenters. The Balaban J connectivity index is 1.80. The summed E-state index contributed by atoms with van der Waals surface area (Å²) in [5.41, 5.74) is 2.80. The van der Waals surface area contributed by atoms with Crippen LogP contribution in [0.4, 0.5) is 0 Å². The molecule has 0 saturated heterocycles. The van der Waals surface area contributed by atoms with E-state index < -0.39 is 0 Å². The molecule has 4 nitrogen and oxygen atoms in total. The third-order valence-electron chi connectivity index (χ3n) is 4.37. The van der Waals surface area contributed by atoms with E-state index >= 15 is 0 Å². The van der Waals surface area contributed by atoms with E-state index in [2.05, 4.69) is 34.4 Å². The van der Waals surface area contributed by atoms with Gasteiger partial charge in [0.15, 0.2) is 5.82 Å². The standard InChI is InChI=1S/C17H20N2O2/c1-3-15(11(2)20)17-18-16(19-21-17)14-9-8-12-6-4-5-7-13(12)10-14/h4-7,14-15H,3,8-10H2,1-2H3. The third-order valence-corrected chi connectivity index (χ3v) is 4.37. The van der Waals surface area contributed by atoms with Crippen LogP contribution in [0.25, 0.3) is 0 Å². The maximum Gasteiger partial charge on any atom is 0.237 e. The first-order chi connectivity index (χ1) is 10.2. The average Bonchev–Trinajstić information content (AvgIpc) is 2.96. The Kier molecular flexibility index (Phi) is 3.86. The molecule has 3 rings (SSSR count). The van der Waals surface area contributed by atoms with Gasteiger partial charge in [-0.15, -0.1) is 0 Å². The molecule has 1 heterocycles. The van der Waals surface area contributed by atoms with Gasteiger partial charge in [0, 0.05) is 5.92 Å². The molecule has 0 fully saturated rings. The molecule has 0 aliphatic heterocycles. The van der Waals surface area contributed by atoms with Gasteiger partial charge in [0.2, 0.25) is 5.89 Å². The predicted molar refractivity (Wildman–Crippen MR) is 79.2 cm³/mol. The number of aryl methyl sites for hydroxylation is 1. The summed E-state index contributed by atoms with van der Waals surface area (Å²) >= 11 is 0. The van der Waals surface area contributed by atoms with Crippen LogP contribution in [0.2, 0.25) is 0 Å². The molecule has 110 valence electrons. The highest BCUT2D eigenvalue weighted by Crippen LogP contribution is 2.32. The minimum atomic E-state index is -0.262. The number of hydrogen-bond acceptors (Lipinski definition) is 4. The molecular formula is C17H20N2O2. The minimum Gasteiger partial charge on any atom is -0.339 e. The zero-order chi connectivity index (χ0) is 14.8. The quantitative estimate of drug-likeness (QED) is 0.863. The first kappa shape index (κ1) is 14.0. The second-order valence-corrected chi connectivity index (χ2v) is 5.77. The molecule has 0 spiro atoms. The molecular weight excluding hydrogens is 264 g/mol. The number of Topliss-reactive ketones (excluding diaryl/α,β-unsaturated/α-hetero) is 1. The van der Waals surface area contributed by atoms with Gasteiger partial charge in [0.1, 0.15) is 5.78 Å². The Labute approximate surface area is 124 Å². The lowest BCUT2D eigenvalue weighted by molar-refractivity contribution is -0.119. The Hall–Kier alpha value is -1.97. The van der Waals surface area contributed by atoms with E-state index in [4.69, 9.17) is 4.52 Å². The van der Waals surface area contributed by atoms with Crippen molar-refractivity contribution in [1.82, 2.24) is 10.1 Å². The number of benzene rings is 1. The van der Waals surface area contributed by atoms with Crippen molar-refractivity contribution in [2.75, 3.05) is 0 Å². The van der Waals surface area contributed by atoms with Gasteiger partial charge in [-0.1, -0.05) is 36.3 Å². The van der Waals surface area contributed by atoms with Crippen molar-refractivity contribution < 1.29 is 9.32 Å². The van der Waals surface area contributed by atoms with E-state index in [0.717, 1.165) is 25.1 Å². The molecule has 2 aromatic rings. The normalized spacial score (nSPS) is 19.0. The van der Waals surface area contributed by atoms with Crippen molar-refractivity contribution in [3.8, 4) is 0 Å². The molecule has 2 unspecified atom stereocenters. The fourth-order valence-corrected chi connectivity index (χ4v) is 3.11. The molecule has 0 radical (unpaired) electrons. The first-order valence-corrected chi connectivity index (χ1v) is 7.59. The summed E-state index contributed by atoms with van der Waals surface area (Å²) in [6.45, 7) is 3.54. The molecule has 1 aliphatic carbocycles. The molecule has 4 heteroatoms. The monoisotopic (exact) mass is 284 g/mol. The van der Waals surface area contributed by atoms with Crippen molar-refractivity contribution in [1.29, 1.82) is 0 Å². The molecule has 0 bridgehead atoms. The highest BCUT2D eigenvalue weighted by Gasteiger charge is 2.27. The number of hydrogen-bond donors (Lipinski definition) is 0. The minimum absolute atomic E-state index is 0.0849. The molecule has 1 aromatic heterocycles. The SMILES string of the molecule is CCC(C(C)=O)c1nc(C2CCc3ccccc3C2)no1. The largest absolute Gasteiger partial charge is 0.339 e. The number of carbonyl (C=O) groups excluding carboxylic acids is 1. The van der Waals surface area contributed by atoms with E-state index in [1.165, 1.54) is 11.1 Å². The van der Waals surface area contributed by atoms with Gasteiger partial charge in [0.05, 0.1) is 5.92 Å². The van der Waals surface area contributed by atoms with Crippen LogP contribution in [0.3, 0.4) is 0 Å². The number of aromatic nitrogens is 2. The summed E-state index contributed by atoms with van der Waals surface area (Å²) in [6, 6.07) is 8.53. The summed E-state index contributed by atoms with van der Waals surface area (Å²) in [4.78, 5) is 16.1. The number of carbonyl (C=O) groups is 1. The van der Waals surface area contributed by atoms with Crippen molar-refractivity contribution in [2.45, 2.75) is 51.4 Å². The first-order valence-electron chi connectivity index (χ1n) is 7.59. The van der Waals surface area contributed by atoms with Crippen LogP contribution in [0.5, 0.6) is 0 Å². The van der Waals surface area contributed by atoms with E-state index in [0.29, 0.717) is 18.2 Å². The molecule has 21 heavy (non-hydrogen) atoms. The molecule has 0 N–H and O–H groups in total. The average molecular weight is 284 g/mol. The lowest BCUT2D eigenvalue weighted by Gasteiger charge is -2.21. The second-order valence-electron chi connectivity index (χ2n) is 5.77. The highest BCUT2D eigenvalue weighted by atomic mass is 16.5. The van der Waals surface area contributed by atoms with Crippen molar-refractivity contribution in [3.63, 3.8) is 0 Å². The van der Waals surface area contributed by atoms with Crippen molar-refractivity contribution >= 4 is 5.78 Å². The number of rotatable bonds is 4. The number of fused-ring (bicyclic) bond motifs is 1. The van der Waals surface area contributed by atoms with Gasteiger partial charge in [-0.3, -0.25) is 4.79 Å². The Morgan fingerprint density at radius 3 is 2.86 bits per heavy atom. The van der Waals surface area contributed by atoms with Gasteiger partial charge in [-0.25, -0.2) is 0 Å². The third kappa shape index (κ3) is 2.75. The van der Waals surface area contributed by atoms with Gasteiger partial charge >= 0.3 is 0 Å². The molecule has 1 aromatic carbocycles. The Bertz CT molecular complexity index is 648. The Morgan fingerprint density at radius 1 is 1.38 bits per heavy atom. The molecule has 0 amide bonds. The zero-order valence-electron chi connectivity index (χ0n) is 12.5. The van der Waals surface area contributed by atoms with Crippen molar-refractivity contribution in [3.05, 3.63) is 47.1 Å². The fourth-order valence-electron chi connectivity index (χ4n) is 3.11. The predicted octanol–water partition coefficient (Wildman–Crippen LogP) is 3.42. The van der Waals surface area contributed by atoms with Crippen LogP contribution in [0, 0.1) is 0 Å². The lowest BCUT2D eigenvalue weighted by Crippen LogP contribution is -2.14. The lowest BCUT2D eigenvalue weighted by atomic mass is 9.83. The van der Waals surface area contributed by atoms with Gasteiger partial charge in [-0.2, -0.15) is 4.98 Å². The van der Waals surface area contributed by atoms with E-state index in [1.54, 1.807) is 6.92 Å². The van der Waals surface area contributed by atoms with Gasteiger partial charge in [-0.05, 0) is 43.7 Å². The summed E-state index contributed by atoms with van der Waals surface area (Å²) in [6.07, 6.45) is 3.73. The Morgan fingerprint density at radius 2 is 2.14 bits per heavy atom. The van der Waals surface area contributed by atoms with E-state index in [9.17, 15) is 4.79 Å².